The number of amides is 1. The summed E-state index contributed by atoms with van der Waals surface area (Å²) in [6, 6.07) is 0. The van der Waals surface area contributed by atoms with Gasteiger partial charge in [0.1, 0.15) is 0 Å². The number of aromatic nitrogens is 1. The highest BCUT2D eigenvalue weighted by Gasteiger charge is 2.14. The minimum Gasteiger partial charge on any atom is -0.355 e. The van der Waals surface area contributed by atoms with Gasteiger partial charge in [-0.3, -0.25) is 9.69 Å². The summed E-state index contributed by atoms with van der Waals surface area (Å²) in [5, 5.41) is 2.85. The van der Waals surface area contributed by atoms with Gasteiger partial charge in [-0.25, -0.2) is 4.98 Å². The molecule has 15 heavy (non-hydrogen) atoms. The Hall–Kier alpha value is -0.650. The first kappa shape index (κ1) is 10.9. The van der Waals surface area contributed by atoms with Gasteiger partial charge in [0.15, 0.2) is 4.47 Å². The monoisotopic (exact) mass is 245 g/mol. The average Bonchev–Trinajstić information content (AvgIpc) is 2.48. The highest BCUT2D eigenvalue weighted by atomic mass is 35.5. The van der Waals surface area contributed by atoms with Crippen LogP contribution in [0.2, 0.25) is 4.47 Å². The zero-order chi connectivity index (χ0) is 10.7. The van der Waals surface area contributed by atoms with E-state index in [0.29, 0.717) is 10.9 Å². The van der Waals surface area contributed by atoms with Crippen molar-refractivity contribution in [3.05, 3.63) is 15.5 Å². The number of hydrogen-bond acceptors (Lipinski definition) is 4. The second kappa shape index (κ2) is 4.92. The fourth-order valence-corrected chi connectivity index (χ4v) is 2.57. The molecule has 4 nitrogen and oxygen atoms in total. The number of nitrogens with zero attached hydrogens (tertiary/aromatic N) is 2. The molecule has 2 heterocycles. The summed E-state index contributed by atoms with van der Waals surface area (Å²) in [5.41, 5.74) is 0. The van der Waals surface area contributed by atoms with Crippen LogP contribution in [0.15, 0.2) is 6.20 Å². The van der Waals surface area contributed by atoms with Crippen LogP contribution in [-0.2, 0) is 11.3 Å². The van der Waals surface area contributed by atoms with E-state index in [1.54, 1.807) is 6.20 Å². The van der Waals surface area contributed by atoms with Crippen LogP contribution in [0.1, 0.15) is 11.3 Å². The van der Waals surface area contributed by atoms with Gasteiger partial charge in [0.25, 0.3) is 0 Å². The lowest BCUT2D eigenvalue weighted by atomic mass is 10.3. The quantitative estimate of drug-likeness (QED) is 0.849. The van der Waals surface area contributed by atoms with Crippen molar-refractivity contribution >= 4 is 28.8 Å². The molecule has 1 aromatic rings. The highest BCUT2D eigenvalue weighted by molar-refractivity contribution is 7.15. The first-order valence-electron chi connectivity index (χ1n) is 4.83. The Morgan fingerprint density at radius 3 is 3.20 bits per heavy atom. The van der Waals surface area contributed by atoms with E-state index in [9.17, 15) is 4.79 Å². The maximum absolute atomic E-state index is 11.1. The predicted molar refractivity (Wildman–Crippen MR) is 60.0 cm³/mol. The van der Waals surface area contributed by atoms with Crippen molar-refractivity contribution in [1.29, 1.82) is 0 Å². The molecule has 1 aromatic heterocycles. The minimum absolute atomic E-state index is 0.139. The number of hydrogen-bond donors (Lipinski definition) is 1. The molecule has 2 rings (SSSR count). The molecule has 6 heteroatoms. The number of rotatable bonds is 2. The maximum Gasteiger partial charge on any atom is 0.221 e. The molecule has 0 radical (unpaired) electrons. The zero-order valence-electron chi connectivity index (χ0n) is 8.20. The van der Waals surface area contributed by atoms with Gasteiger partial charge in [-0.2, -0.15) is 0 Å². The Morgan fingerprint density at radius 1 is 1.60 bits per heavy atom. The first-order valence-corrected chi connectivity index (χ1v) is 6.03. The summed E-state index contributed by atoms with van der Waals surface area (Å²) in [4.78, 5) is 18.5. The third-order valence-corrected chi connectivity index (χ3v) is 3.41. The van der Waals surface area contributed by atoms with Crippen LogP contribution >= 0.6 is 22.9 Å². The van der Waals surface area contributed by atoms with Crippen molar-refractivity contribution in [2.45, 2.75) is 13.0 Å². The van der Waals surface area contributed by atoms with Crippen LogP contribution in [0.25, 0.3) is 0 Å². The molecule has 1 aliphatic heterocycles. The fourth-order valence-electron chi connectivity index (χ4n) is 1.55. The number of nitrogens with one attached hydrogen (secondary N) is 1. The molecule has 0 bridgehead atoms. The Kier molecular flexibility index (Phi) is 3.56. The van der Waals surface area contributed by atoms with Crippen LogP contribution in [0.3, 0.4) is 0 Å². The van der Waals surface area contributed by atoms with Crippen LogP contribution in [0.4, 0.5) is 0 Å². The molecule has 0 aliphatic carbocycles. The van der Waals surface area contributed by atoms with Gasteiger partial charge in [0.05, 0.1) is 0 Å². The van der Waals surface area contributed by atoms with Gasteiger partial charge in [-0.15, -0.1) is 11.3 Å². The first-order chi connectivity index (χ1) is 7.24. The molecule has 0 atom stereocenters. The summed E-state index contributed by atoms with van der Waals surface area (Å²) >= 11 is 7.25. The van der Waals surface area contributed by atoms with E-state index in [1.807, 2.05) is 0 Å². The van der Waals surface area contributed by atoms with Gasteiger partial charge in [0.2, 0.25) is 5.91 Å². The minimum atomic E-state index is 0.139. The summed E-state index contributed by atoms with van der Waals surface area (Å²) < 4.78 is 0.578. The lowest BCUT2D eigenvalue weighted by Gasteiger charge is -2.17. The van der Waals surface area contributed by atoms with E-state index in [4.69, 9.17) is 11.6 Å². The second-order valence-corrected chi connectivity index (χ2v) is 5.15. The molecule has 1 aliphatic rings. The summed E-state index contributed by atoms with van der Waals surface area (Å²) in [7, 11) is 0. The second-order valence-electron chi connectivity index (χ2n) is 3.46. The van der Waals surface area contributed by atoms with Crippen molar-refractivity contribution in [2.75, 3.05) is 19.6 Å². The Labute approximate surface area is 97.2 Å². The number of thiazole rings is 1. The molecule has 0 saturated carbocycles. The van der Waals surface area contributed by atoms with Crippen molar-refractivity contribution < 1.29 is 4.79 Å². The molecule has 82 valence electrons. The Bertz CT molecular complexity index is 355. The fraction of sp³-hybridized carbons (Fsp3) is 0.556. The standard InChI is InChI=1S/C9H12ClN3OS/c10-9-12-5-7(15-9)6-13-3-1-8(14)11-2-4-13/h5H,1-4,6H2,(H,11,14). The van der Waals surface area contributed by atoms with Crippen LogP contribution in [-0.4, -0.2) is 35.4 Å². The van der Waals surface area contributed by atoms with Gasteiger partial charge in [-0.05, 0) is 0 Å². The Balaban J connectivity index is 1.91. The number of carbonyl (C=O) groups is 1. The molecular formula is C9H12ClN3OS. The normalized spacial score (nSPS) is 18.6. The molecule has 0 aromatic carbocycles. The molecule has 1 fully saturated rings. The third-order valence-electron chi connectivity index (χ3n) is 2.31. The average molecular weight is 246 g/mol. The van der Waals surface area contributed by atoms with Crippen molar-refractivity contribution in [3.63, 3.8) is 0 Å². The van der Waals surface area contributed by atoms with Gasteiger partial charge >= 0.3 is 0 Å². The van der Waals surface area contributed by atoms with Crippen LogP contribution in [0, 0.1) is 0 Å². The Morgan fingerprint density at radius 2 is 2.47 bits per heavy atom. The van der Waals surface area contributed by atoms with E-state index in [0.717, 1.165) is 31.1 Å². The van der Waals surface area contributed by atoms with Crippen molar-refractivity contribution in [1.82, 2.24) is 15.2 Å². The van der Waals surface area contributed by atoms with E-state index >= 15 is 0 Å². The van der Waals surface area contributed by atoms with Crippen LogP contribution < -0.4 is 5.32 Å². The molecular weight excluding hydrogens is 234 g/mol. The van der Waals surface area contributed by atoms with Gasteiger partial charge in [0, 0.05) is 43.7 Å². The largest absolute Gasteiger partial charge is 0.355 e. The van der Waals surface area contributed by atoms with E-state index in [1.165, 1.54) is 11.3 Å². The zero-order valence-corrected chi connectivity index (χ0v) is 9.77. The third kappa shape index (κ3) is 3.15. The van der Waals surface area contributed by atoms with Gasteiger partial charge in [-0.1, -0.05) is 11.6 Å². The number of halogens is 1. The van der Waals surface area contributed by atoms with E-state index in [2.05, 4.69) is 15.2 Å². The van der Waals surface area contributed by atoms with Crippen molar-refractivity contribution in [3.8, 4) is 0 Å². The van der Waals surface area contributed by atoms with Gasteiger partial charge < -0.3 is 5.32 Å². The molecule has 0 spiro atoms. The molecule has 0 unspecified atom stereocenters. The molecule has 1 saturated heterocycles. The SMILES string of the molecule is O=C1CCN(Cc2cnc(Cl)s2)CCN1. The highest BCUT2D eigenvalue weighted by Crippen LogP contribution is 2.19. The maximum atomic E-state index is 11.1. The summed E-state index contributed by atoms with van der Waals surface area (Å²) in [6.07, 6.45) is 2.37. The summed E-state index contributed by atoms with van der Waals surface area (Å²) in [6.45, 7) is 3.26. The lowest BCUT2D eigenvalue weighted by molar-refractivity contribution is -0.120. The number of carbonyl (C=O) groups excluding carboxylic acids is 1. The summed E-state index contributed by atoms with van der Waals surface area (Å²) in [5.74, 6) is 0.139. The molecule has 1 N–H and O–H groups in total. The lowest BCUT2D eigenvalue weighted by Crippen LogP contribution is -2.27. The van der Waals surface area contributed by atoms with E-state index in [-0.39, 0.29) is 5.91 Å². The van der Waals surface area contributed by atoms with Crippen LogP contribution in [0.5, 0.6) is 0 Å². The predicted octanol–water partition coefficient (Wildman–Crippen LogP) is 1.12. The topological polar surface area (TPSA) is 45.2 Å². The molecule has 1 amide bonds. The van der Waals surface area contributed by atoms with E-state index < -0.39 is 0 Å². The smallest absolute Gasteiger partial charge is 0.221 e. The van der Waals surface area contributed by atoms with Crippen molar-refractivity contribution in [2.24, 2.45) is 0 Å².